The Bertz CT molecular complexity index is 1740. The van der Waals surface area contributed by atoms with E-state index in [0.717, 1.165) is 39.1 Å². The number of ketones is 1. The fourth-order valence-corrected chi connectivity index (χ4v) is 7.73. The lowest BCUT2D eigenvalue weighted by atomic mass is 9.97. The Morgan fingerprint density at radius 1 is 1.11 bits per heavy atom. The van der Waals surface area contributed by atoms with E-state index >= 15 is 0 Å². The first-order valence-electron chi connectivity index (χ1n) is 14.9. The van der Waals surface area contributed by atoms with Crippen LogP contribution in [-0.4, -0.2) is 98.5 Å². The molecule has 0 unspecified atom stereocenters. The topological polar surface area (TPSA) is 135 Å². The van der Waals surface area contributed by atoms with Gasteiger partial charge in [0.05, 0.1) is 15.8 Å². The van der Waals surface area contributed by atoms with Crippen LogP contribution in [0.2, 0.25) is 5.02 Å². The van der Waals surface area contributed by atoms with Crippen LogP contribution < -0.4 is 10.6 Å². The van der Waals surface area contributed by atoms with Gasteiger partial charge in [0.2, 0.25) is 11.8 Å². The van der Waals surface area contributed by atoms with E-state index in [4.69, 9.17) is 11.6 Å². The van der Waals surface area contributed by atoms with Crippen LogP contribution in [0.25, 0.3) is 10.9 Å². The SMILES string of the molecule is CC(=O)c1cn(CC(=O)N2[C@H](C(=O)NCc3cccc(Cl)c3F)C[C@@]3(CN4CCN(C)CC4)C[C@@H]23)c2cc(P(=O)(O)O)ccc12. The molecule has 3 aliphatic rings. The number of hydrogen-bond acceptors (Lipinski definition) is 6. The second-order valence-electron chi connectivity index (χ2n) is 12.6. The van der Waals surface area contributed by atoms with E-state index in [-0.39, 0.29) is 52.1 Å². The van der Waals surface area contributed by atoms with Crippen molar-refractivity contribution in [1.82, 2.24) is 24.6 Å². The summed E-state index contributed by atoms with van der Waals surface area (Å²) in [5.74, 6) is -1.60. The van der Waals surface area contributed by atoms with Crippen LogP contribution in [0.1, 0.15) is 35.7 Å². The third-order valence-corrected chi connectivity index (χ3v) is 10.8. The summed E-state index contributed by atoms with van der Waals surface area (Å²) < 4.78 is 28.1. The molecule has 2 aromatic carbocycles. The summed E-state index contributed by atoms with van der Waals surface area (Å²) in [7, 11) is -2.51. The maximum absolute atomic E-state index is 14.6. The van der Waals surface area contributed by atoms with Gasteiger partial charge in [-0.2, -0.15) is 0 Å². The average molecular weight is 660 g/mol. The van der Waals surface area contributed by atoms with Gasteiger partial charge in [0.25, 0.3) is 0 Å². The van der Waals surface area contributed by atoms with Crippen molar-refractivity contribution < 1.29 is 33.1 Å². The predicted octanol–water partition coefficient (Wildman–Crippen LogP) is 2.36. The smallest absolute Gasteiger partial charge is 0.350 e. The Hall–Kier alpha value is -3.12. The van der Waals surface area contributed by atoms with E-state index in [1.54, 1.807) is 17.0 Å². The number of aromatic nitrogens is 1. The third-order valence-electron chi connectivity index (χ3n) is 9.51. The lowest BCUT2D eigenvalue weighted by molar-refractivity contribution is -0.140. The fraction of sp³-hybridized carbons (Fsp3) is 0.452. The number of halogens is 2. The number of hydrogen-bond donors (Lipinski definition) is 3. The van der Waals surface area contributed by atoms with Crippen LogP contribution in [0, 0.1) is 11.2 Å². The number of nitrogens with one attached hydrogen (secondary N) is 1. The average Bonchev–Trinajstić information content (AvgIpc) is 3.39. The van der Waals surface area contributed by atoms with Crippen molar-refractivity contribution in [1.29, 1.82) is 0 Å². The minimum atomic E-state index is -4.60. The van der Waals surface area contributed by atoms with Crippen molar-refractivity contribution in [2.75, 3.05) is 39.8 Å². The predicted molar refractivity (Wildman–Crippen MR) is 167 cm³/mol. The van der Waals surface area contributed by atoms with Crippen molar-refractivity contribution in [3.05, 3.63) is 64.6 Å². The highest BCUT2D eigenvalue weighted by atomic mass is 35.5. The molecular formula is C31H36ClFN5O6P. The normalized spacial score (nSPS) is 23.7. The lowest BCUT2D eigenvalue weighted by Crippen LogP contribution is -2.48. The van der Waals surface area contributed by atoms with Crippen molar-refractivity contribution >= 4 is 53.0 Å². The maximum atomic E-state index is 14.6. The zero-order chi connectivity index (χ0) is 32.3. The number of likely N-dealkylation sites (N-methyl/N-ethyl adjacent to an activating group) is 1. The van der Waals surface area contributed by atoms with Gasteiger partial charge in [-0.25, -0.2) is 4.39 Å². The largest absolute Gasteiger partial charge is 0.356 e. The highest BCUT2D eigenvalue weighted by Crippen LogP contribution is 2.60. The van der Waals surface area contributed by atoms with Gasteiger partial charge in [-0.3, -0.25) is 18.9 Å². The highest BCUT2D eigenvalue weighted by Gasteiger charge is 2.67. The summed E-state index contributed by atoms with van der Waals surface area (Å²) in [6.45, 7) is 5.50. The Morgan fingerprint density at radius 2 is 1.84 bits per heavy atom. The molecule has 2 saturated heterocycles. The van der Waals surface area contributed by atoms with Crippen LogP contribution in [0.4, 0.5) is 4.39 Å². The summed E-state index contributed by atoms with van der Waals surface area (Å²) in [5, 5.41) is 3.01. The van der Waals surface area contributed by atoms with Crippen LogP contribution >= 0.6 is 19.2 Å². The quantitative estimate of drug-likeness (QED) is 0.236. The van der Waals surface area contributed by atoms with E-state index in [1.807, 2.05) is 0 Å². The molecule has 0 radical (unpaired) electrons. The summed E-state index contributed by atoms with van der Waals surface area (Å²) in [6, 6.07) is 7.69. The van der Waals surface area contributed by atoms with Crippen LogP contribution in [0.5, 0.6) is 0 Å². The van der Waals surface area contributed by atoms with Gasteiger partial charge in [-0.05, 0) is 45.0 Å². The first kappa shape index (κ1) is 31.8. The number of piperazine rings is 1. The third kappa shape index (κ3) is 6.19. The molecule has 3 fully saturated rings. The Labute approximate surface area is 265 Å². The minimum absolute atomic E-state index is 0.0439. The molecule has 0 spiro atoms. The maximum Gasteiger partial charge on any atom is 0.356 e. The first-order valence-corrected chi connectivity index (χ1v) is 16.9. The van der Waals surface area contributed by atoms with Gasteiger partial charge < -0.3 is 34.4 Å². The molecule has 3 aromatic rings. The van der Waals surface area contributed by atoms with Crippen molar-refractivity contribution in [3.8, 4) is 0 Å². The van der Waals surface area contributed by atoms with E-state index in [0.29, 0.717) is 22.9 Å². The number of amides is 2. The molecule has 14 heteroatoms. The Kier molecular flexibility index (Phi) is 8.43. The summed E-state index contributed by atoms with van der Waals surface area (Å²) >= 11 is 5.93. The summed E-state index contributed by atoms with van der Waals surface area (Å²) in [6.07, 6.45) is 2.74. The van der Waals surface area contributed by atoms with Gasteiger partial charge in [0, 0.05) is 73.4 Å². The number of piperidine rings is 1. The van der Waals surface area contributed by atoms with E-state index in [9.17, 15) is 33.1 Å². The van der Waals surface area contributed by atoms with Gasteiger partial charge in [0.1, 0.15) is 18.4 Å². The molecular weight excluding hydrogens is 624 g/mol. The number of carbonyl (C=O) groups is 3. The molecule has 6 rings (SSSR count). The number of Topliss-reactive ketones (excluding diaryl/α,β-unsaturated/α-hetero) is 1. The molecule has 2 amide bonds. The Morgan fingerprint density at radius 3 is 2.53 bits per heavy atom. The summed E-state index contributed by atoms with van der Waals surface area (Å²) in [4.78, 5) is 66.0. The number of likely N-dealkylation sites (tertiary alicyclic amines) is 1. The van der Waals surface area contributed by atoms with Gasteiger partial charge in [-0.1, -0.05) is 29.8 Å². The second-order valence-corrected chi connectivity index (χ2v) is 14.6. The van der Waals surface area contributed by atoms with Gasteiger partial charge in [-0.15, -0.1) is 0 Å². The van der Waals surface area contributed by atoms with Crippen LogP contribution in [-0.2, 0) is 27.2 Å². The molecule has 1 aliphatic carbocycles. The molecule has 1 saturated carbocycles. The minimum Gasteiger partial charge on any atom is -0.350 e. The van der Waals surface area contributed by atoms with Crippen LogP contribution in [0.3, 0.4) is 0 Å². The van der Waals surface area contributed by atoms with Crippen molar-refractivity contribution in [2.24, 2.45) is 5.41 Å². The second kappa shape index (κ2) is 11.9. The summed E-state index contributed by atoms with van der Waals surface area (Å²) in [5.41, 5.74) is 0.655. The molecule has 11 nitrogen and oxygen atoms in total. The standard InChI is InChI=1S/C31H36ClFN5O6P/c1-19(39)23-16-37(25-12-21(45(42,43)44)6-7-22(23)25)17-28(40)38-26(30(41)34-15-20-4-3-5-24(32)29(20)33)13-31(14-27(31)38)18-36-10-8-35(2)9-11-36/h3-7,12,16,26-27H,8-11,13-15,17-18H2,1-2H3,(H,34,41)(H2,42,43,44)/t26-,27+,31-/m0/s1. The molecule has 3 atom stereocenters. The molecule has 3 N–H and O–H groups in total. The fourth-order valence-electron chi connectivity index (χ4n) is 6.98. The lowest BCUT2D eigenvalue weighted by Gasteiger charge is -2.34. The molecule has 0 bridgehead atoms. The number of nitrogens with zero attached hydrogens (tertiary/aromatic N) is 4. The van der Waals surface area contributed by atoms with E-state index in [2.05, 4.69) is 22.2 Å². The number of fused-ring (bicyclic) bond motifs is 2. The Balaban J connectivity index is 1.28. The molecule has 2 aliphatic heterocycles. The van der Waals surface area contributed by atoms with E-state index < -0.39 is 25.4 Å². The molecule has 3 heterocycles. The number of carbonyl (C=O) groups excluding carboxylic acids is 3. The molecule has 240 valence electrons. The molecule has 45 heavy (non-hydrogen) atoms. The van der Waals surface area contributed by atoms with Crippen molar-refractivity contribution in [2.45, 2.75) is 44.9 Å². The molecule has 1 aromatic heterocycles. The number of benzene rings is 2. The van der Waals surface area contributed by atoms with Gasteiger partial charge in [0.15, 0.2) is 5.78 Å². The highest BCUT2D eigenvalue weighted by molar-refractivity contribution is 7.60. The monoisotopic (exact) mass is 659 g/mol. The van der Waals surface area contributed by atoms with E-state index in [1.165, 1.54) is 42.0 Å². The van der Waals surface area contributed by atoms with Gasteiger partial charge >= 0.3 is 7.60 Å². The van der Waals surface area contributed by atoms with Crippen molar-refractivity contribution in [3.63, 3.8) is 0 Å². The zero-order valence-electron chi connectivity index (χ0n) is 25.1. The zero-order valence-corrected chi connectivity index (χ0v) is 26.7. The first-order chi connectivity index (χ1) is 21.3. The van der Waals surface area contributed by atoms with Crippen LogP contribution in [0.15, 0.2) is 42.6 Å². The number of rotatable bonds is 9.